The lowest BCUT2D eigenvalue weighted by molar-refractivity contribution is -0.137. The van der Waals surface area contributed by atoms with Crippen LogP contribution in [0.3, 0.4) is 0 Å². The average molecular weight is 337 g/mol. The molecule has 0 radical (unpaired) electrons. The van der Waals surface area contributed by atoms with Gasteiger partial charge in [0.05, 0.1) is 11.1 Å². The van der Waals surface area contributed by atoms with Gasteiger partial charge >= 0.3 is 18.0 Å². The molecule has 19 heavy (non-hydrogen) atoms. The van der Waals surface area contributed by atoms with Crippen LogP contribution >= 0.6 is 15.9 Å². The Bertz CT molecular complexity index is 639. The molecule has 1 aromatic heterocycles. The summed E-state index contributed by atoms with van der Waals surface area (Å²) in [7, 11) is 0. The Labute approximate surface area is 112 Å². The maximum atomic E-state index is 12.6. The number of halogens is 4. The molecule has 0 aliphatic heterocycles. The third-order valence-corrected chi connectivity index (χ3v) is 2.82. The first kappa shape index (κ1) is 13.5. The molecule has 1 heterocycles. The van der Waals surface area contributed by atoms with Crippen molar-refractivity contribution in [2.75, 3.05) is 0 Å². The number of carboxylic acids is 1. The second-order valence-corrected chi connectivity index (χ2v) is 4.26. The van der Waals surface area contributed by atoms with E-state index in [-0.39, 0.29) is 15.9 Å². The highest BCUT2D eigenvalue weighted by Gasteiger charge is 2.31. The minimum absolute atomic E-state index is 0.0326. The van der Waals surface area contributed by atoms with E-state index in [9.17, 15) is 18.0 Å². The van der Waals surface area contributed by atoms with Crippen molar-refractivity contribution in [3.63, 3.8) is 0 Å². The third kappa shape index (κ3) is 2.75. The summed E-state index contributed by atoms with van der Waals surface area (Å²) in [5.41, 5.74) is -0.935. The Hall–Kier alpha value is -1.90. The zero-order valence-electron chi connectivity index (χ0n) is 8.90. The van der Waals surface area contributed by atoms with Gasteiger partial charge in [0.25, 0.3) is 0 Å². The maximum Gasteiger partial charge on any atom is 0.416 e. The molecule has 1 N–H and O–H groups in total. The quantitative estimate of drug-likeness (QED) is 0.911. The van der Waals surface area contributed by atoms with Crippen molar-refractivity contribution in [2.45, 2.75) is 6.18 Å². The summed E-state index contributed by atoms with van der Waals surface area (Å²) in [6.45, 7) is 0. The van der Waals surface area contributed by atoms with Gasteiger partial charge in [0, 0.05) is 4.47 Å². The first-order valence-electron chi connectivity index (χ1n) is 4.73. The maximum absolute atomic E-state index is 12.6. The van der Waals surface area contributed by atoms with Gasteiger partial charge < -0.3 is 9.52 Å². The van der Waals surface area contributed by atoms with Crippen LogP contribution in [0.4, 0.5) is 13.2 Å². The van der Waals surface area contributed by atoms with Crippen LogP contribution in [0.15, 0.2) is 27.1 Å². The van der Waals surface area contributed by atoms with Crippen molar-refractivity contribution in [1.82, 2.24) is 10.2 Å². The molecule has 0 fully saturated rings. The van der Waals surface area contributed by atoms with E-state index in [1.54, 1.807) is 0 Å². The van der Waals surface area contributed by atoms with E-state index in [2.05, 4.69) is 26.1 Å². The number of rotatable bonds is 2. The molecule has 0 amide bonds. The van der Waals surface area contributed by atoms with E-state index in [4.69, 9.17) is 9.52 Å². The van der Waals surface area contributed by atoms with Crippen LogP contribution in [0.2, 0.25) is 0 Å². The minimum Gasteiger partial charge on any atom is -0.474 e. The molecule has 9 heteroatoms. The van der Waals surface area contributed by atoms with Crippen LogP contribution in [0.5, 0.6) is 0 Å². The van der Waals surface area contributed by atoms with E-state index < -0.39 is 23.6 Å². The van der Waals surface area contributed by atoms with Crippen molar-refractivity contribution in [3.05, 3.63) is 34.1 Å². The van der Waals surface area contributed by atoms with Gasteiger partial charge in [-0.15, -0.1) is 10.2 Å². The second-order valence-electron chi connectivity index (χ2n) is 3.41. The lowest BCUT2D eigenvalue weighted by Gasteiger charge is -2.08. The highest BCUT2D eigenvalue weighted by molar-refractivity contribution is 9.10. The number of hydrogen-bond donors (Lipinski definition) is 1. The first-order valence-corrected chi connectivity index (χ1v) is 5.52. The van der Waals surface area contributed by atoms with Crippen LogP contribution in [0, 0.1) is 0 Å². The van der Waals surface area contributed by atoms with Gasteiger partial charge in [-0.3, -0.25) is 0 Å². The zero-order chi connectivity index (χ0) is 14.2. The number of aromatic nitrogens is 2. The Morgan fingerprint density at radius 2 is 2.00 bits per heavy atom. The average Bonchev–Trinajstić information content (AvgIpc) is 2.77. The molecule has 100 valence electrons. The first-order chi connectivity index (χ1) is 8.79. The summed E-state index contributed by atoms with van der Waals surface area (Å²) in [4.78, 5) is 10.6. The van der Waals surface area contributed by atoms with Crippen LogP contribution in [0.25, 0.3) is 11.5 Å². The van der Waals surface area contributed by atoms with Crippen molar-refractivity contribution in [3.8, 4) is 11.5 Å². The molecule has 5 nitrogen and oxygen atoms in total. The molecule has 0 bridgehead atoms. The standard InChI is InChI=1S/C10H4BrF3N2O3/c11-6-2-1-4(10(12,13)14)3-5(6)7-15-16-8(19-7)9(17)18/h1-3H,(H,17,18). The Morgan fingerprint density at radius 1 is 1.32 bits per heavy atom. The molecule has 0 saturated heterocycles. The molecule has 0 unspecified atom stereocenters. The summed E-state index contributed by atoms with van der Waals surface area (Å²) < 4.78 is 42.8. The fraction of sp³-hybridized carbons (Fsp3) is 0.100. The van der Waals surface area contributed by atoms with Gasteiger partial charge in [0.1, 0.15) is 0 Å². The van der Waals surface area contributed by atoms with E-state index >= 15 is 0 Å². The SMILES string of the molecule is O=C(O)c1nnc(-c2cc(C(F)(F)F)ccc2Br)o1. The predicted molar refractivity (Wildman–Crippen MR) is 59.4 cm³/mol. The molecule has 0 aliphatic carbocycles. The highest BCUT2D eigenvalue weighted by Crippen LogP contribution is 2.35. The van der Waals surface area contributed by atoms with Crippen LogP contribution in [0.1, 0.15) is 16.2 Å². The van der Waals surface area contributed by atoms with Crippen LogP contribution in [-0.2, 0) is 6.18 Å². The van der Waals surface area contributed by atoms with Gasteiger partial charge in [-0.25, -0.2) is 4.79 Å². The highest BCUT2D eigenvalue weighted by atomic mass is 79.9. The monoisotopic (exact) mass is 336 g/mol. The molecule has 0 saturated carbocycles. The molecule has 0 atom stereocenters. The van der Waals surface area contributed by atoms with Gasteiger partial charge in [-0.2, -0.15) is 13.2 Å². The number of carboxylic acid groups (broad SMARTS) is 1. The molecular formula is C10H4BrF3N2O3. The van der Waals surface area contributed by atoms with E-state index in [0.717, 1.165) is 12.1 Å². The van der Waals surface area contributed by atoms with Gasteiger partial charge in [0.2, 0.25) is 5.89 Å². The molecule has 0 aliphatic rings. The molecular weight excluding hydrogens is 333 g/mol. The Balaban J connectivity index is 2.51. The van der Waals surface area contributed by atoms with Crippen molar-refractivity contribution in [1.29, 1.82) is 0 Å². The Morgan fingerprint density at radius 3 is 2.53 bits per heavy atom. The van der Waals surface area contributed by atoms with Gasteiger partial charge in [-0.1, -0.05) is 0 Å². The third-order valence-electron chi connectivity index (χ3n) is 2.13. The number of carbonyl (C=O) groups is 1. The smallest absolute Gasteiger partial charge is 0.416 e. The summed E-state index contributed by atoms with van der Waals surface area (Å²) in [6.07, 6.45) is -4.52. The normalized spacial score (nSPS) is 11.6. The molecule has 0 spiro atoms. The summed E-state index contributed by atoms with van der Waals surface area (Å²) in [5, 5.41) is 15.2. The number of alkyl halides is 3. The number of benzene rings is 1. The number of aromatic carboxylic acids is 1. The number of nitrogens with zero attached hydrogens (tertiary/aromatic N) is 2. The second kappa shape index (κ2) is 4.65. The number of hydrogen-bond acceptors (Lipinski definition) is 4. The lowest BCUT2D eigenvalue weighted by atomic mass is 10.1. The topological polar surface area (TPSA) is 76.2 Å². The lowest BCUT2D eigenvalue weighted by Crippen LogP contribution is -2.04. The molecule has 2 aromatic rings. The predicted octanol–water partition coefficient (Wildman–Crippen LogP) is 3.22. The van der Waals surface area contributed by atoms with Crippen molar-refractivity contribution in [2.24, 2.45) is 0 Å². The van der Waals surface area contributed by atoms with Crippen molar-refractivity contribution >= 4 is 21.9 Å². The van der Waals surface area contributed by atoms with Crippen LogP contribution < -0.4 is 0 Å². The fourth-order valence-corrected chi connectivity index (χ4v) is 1.70. The van der Waals surface area contributed by atoms with Crippen molar-refractivity contribution < 1.29 is 27.5 Å². The molecule has 1 aromatic carbocycles. The summed E-state index contributed by atoms with van der Waals surface area (Å²) in [5.74, 6) is -2.46. The van der Waals surface area contributed by atoms with E-state index in [1.807, 2.05) is 0 Å². The van der Waals surface area contributed by atoms with Gasteiger partial charge in [0.15, 0.2) is 0 Å². The fourth-order valence-electron chi connectivity index (χ4n) is 1.28. The van der Waals surface area contributed by atoms with Gasteiger partial charge in [-0.05, 0) is 34.1 Å². The summed E-state index contributed by atoms with van der Waals surface area (Å²) in [6, 6.07) is 2.84. The van der Waals surface area contributed by atoms with E-state index in [1.165, 1.54) is 6.07 Å². The molecule has 2 rings (SSSR count). The zero-order valence-corrected chi connectivity index (χ0v) is 10.5. The van der Waals surface area contributed by atoms with E-state index in [0.29, 0.717) is 0 Å². The largest absolute Gasteiger partial charge is 0.474 e. The minimum atomic E-state index is -4.52. The summed E-state index contributed by atoms with van der Waals surface area (Å²) >= 11 is 3.04. The van der Waals surface area contributed by atoms with Crippen LogP contribution in [-0.4, -0.2) is 21.3 Å². The Kier molecular flexibility index (Phi) is 3.31.